The molecule has 2 heterocycles. The van der Waals surface area contributed by atoms with E-state index in [4.69, 9.17) is 5.73 Å². The molecule has 5 nitrogen and oxygen atoms in total. The number of rotatable bonds is 2. The highest BCUT2D eigenvalue weighted by Gasteiger charge is 2.12. The number of nitrogens with two attached hydrogens (primary N) is 1. The molecule has 26 heavy (non-hydrogen) atoms. The lowest BCUT2D eigenvalue weighted by Gasteiger charge is -2.15. The minimum Gasteiger partial charge on any atom is -0.478 e. The topological polar surface area (TPSA) is 89.1 Å². The number of pyridine rings is 2. The lowest BCUT2D eigenvalue weighted by atomic mass is 9.97. The Morgan fingerprint density at radius 3 is 2.35 bits per heavy atom. The average molecular weight is 349 g/mol. The molecule has 3 N–H and O–H groups in total. The highest BCUT2D eigenvalue weighted by atomic mass is 16.4. The molecule has 0 aliphatic heterocycles. The number of hydrogen-bond acceptors (Lipinski definition) is 4. The number of nitrogens with zero attached hydrogens (tertiary/aromatic N) is 2. The Hall–Kier alpha value is -2.79. The monoisotopic (exact) mass is 349 g/mol. The molecular formula is C21H23N3O2. The number of para-hydroxylation sites is 1. The molecule has 2 aromatic heterocycles. The Labute approximate surface area is 152 Å². The van der Waals surface area contributed by atoms with Crippen LogP contribution in [-0.4, -0.2) is 27.1 Å². The third kappa shape index (κ3) is 4.43. The normalized spacial score (nSPS) is 14.5. The molecule has 1 saturated carbocycles. The van der Waals surface area contributed by atoms with E-state index < -0.39 is 5.97 Å². The van der Waals surface area contributed by atoms with Crippen molar-refractivity contribution in [3.05, 3.63) is 60.4 Å². The van der Waals surface area contributed by atoms with Crippen LogP contribution in [0.3, 0.4) is 0 Å². The SMILES string of the molecule is NC1CCCCC1.O=C(O)c1cc(-c2ccncc2)nc2ccccc12. The van der Waals surface area contributed by atoms with Gasteiger partial charge in [0.15, 0.2) is 0 Å². The van der Waals surface area contributed by atoms with E-state index in [1.807, 2.05) is 30.3 Å². The van der Waals surface area contributed by atoms with Crippen molar-refractivity contribution in [3.63, 3.8) is 0 Å². The van der Waals surface area contributed by atoms with Gasteiger partial charge in [0.25, 0.3) is 0 Å². The zero-order chi connectivity index (χ0) is 18.4. The molecule has 3 aromatic rings. The van der Waals surface area contributed by atoms with Gasteiger partial charge in [0.1, 0.15) is 0 Å². The molecule has 0 unspecified atom stereocenters. The molecule has 1 fully saturated rings. The predicted octanol–water partition coefficient (Wildman–Crippen LogP) is 4.27. The Kier molecular flexibility index (Phi) is 5.92. The van der Waals surface area contributed by atoms with Gasteiger partial charge in [-0.3, -0.25) is 4.98 Å². The molecular weight excluding hydrogens is 326 g/mol. The van der Waals surface area contributed by atoms with Crippen molar-refractivity contribution in [3.8, 4) is 11.3 Å². The summed E-state index contributed by atoms with van der Waals surface area (Å²) in [7, 11) is 0. The van der Waals surface area contributed by atoms with E-state index in [1.165, 1.54) is 32.1 Å². The van der Waals surface area contributed by atoms with Crippen molar-refractivity contribution >= 4 is 16.9 Å². The van der Waals surface area contributed by atoms with Crippen LogP contribution in [0.1, 0.15) is 42.5 Å². The summed E-state index contributed by atoms with van der Waals surface area (Å²) in [5.74, 6) is -0.950. The summed E-state index contributed by atoms with van der Waals surface area (Å²) in [5.41, 5.74) is 8.06. The lowest BCUT2D eigenvalue weighted by molar-refractivity contribution is 0.0699. The van der Waals surface area contributed by atoms with Crippen LogP contribution in [0.4, 0.5) is 0 Å². The van der Waals surface area contributed by atoms with E-state index in [0.29, 0.717) is 22.6 Å². The largest absolute Gasteiger partial charge is 0.478 e. The first-order valence-electron chi connectivity index (χ1n) is 8.94. The number of aromatic carboxylic acids is 1. The minimum atomic E-state index is -0.950. The smallest absolute Gasteiger partial charge is 0.336 e. The molecule has 1 aliphatic rings. The Bertz CT molecular complexity index is 875. The fourth-order valence-electron chi connectivity index (χ4n) is 3.16. The fraction of sp³-hybridized carbons (Fsp3) is 0.286. The molecule has 4 rings (SSSR count). The van der Waals surface area contributed by atoms with Crippen LogP contribution in [0, 0.1) is 0 Å². The van der Waals surface area contributed by atoms with Crippen molar-refractivity contribution in [2.45, 2.75) is 38.1 Å². The van der Waals surface area contributed by atoms with Gasteiger partial charge in [-0.1, -0.05) is 37.5 Å². The lowest BCUT2D eigenvalue weighted by Crippen LogP contribution is -2.22. The van der Waals surface area contributed by atoms with E-state index in [2.05, 4.69) is 9.97 Å². The van der Waals surface area contributed by atoms with Crippen molar-refractivity contribution < 1.29 is 9.90 Å². The highest BCUT2D eigenvalue weighted by Crippen LogP contribution is 2.24. The first kappa shape index (κ1) is 18.0. The third-order valence-corrected chi connectivity index (χ3v) is 4.57. The quantitative estimate of drug-likeness (QED) is 0.721. The maximum Gasteiger partial charge on any atom is 0.336 e. The summed E-state index contributed by atoms with van der Waals surface area (Å²) in [5, 5.41) is 9.96. The van der Waals surface area contributed by atoms with Crippen LogP contribution >= 0.6 is 0 Å². The van der Waals surface area contributed by atoms with E-state index in [0.717, 1.165) is 5.56 Å². The van der Waals surface area contributed by atoms with Crippen LogP contribution in [0.15, 0.2) is 54.9 Å². The van der Waals surface area contributed by atoms with Crippen LogP contribution < -0.4 is 5.73 Å². The Morgan fingerprint density at radius 1 is 1.04 bits per heavy atom. The standard InChI is InChI=1S/C15H10N2O2.C6H13N/c18-15(19)12-9-14(10-5-7-16-8-6-10)17-13-4-2-1-3-11(12)13;7-6-4-2-1-3-5-6/h1-9H,(H,18,19);6H,1-5,7H2. The molecule has 1 aromatic carbocycles. The number of aromatic nitrogens is 2. The molecule has 1 aliphatic carbocycles. The molecule has 0 atom stereocenters. The van der Waals surface area contributed by atoms with Gasteiger partial charge < -0.3 is 10.8 Å². The maximum absolute atomic E-state index is 11.4. The second-order valence-corrected chi connectivity index (χ2v) is 6.51. The van der Waals surface area contributed by atoms with E-state index >= 15 is 0 Å². The molecule has 0 saturated heterocycles. The molecule has 134 valence electrons. The highest BCUT2D eigenvalue weighted by molar-refractivity contribution is 6.03. The van der Waals surface area contributed by atoms with Crippen molar-refractivity contribution in [1.29, 1.82) is 0 Å². The van der Waals surface area contributed by atoms with Gasteiger partial charge in [-0.2, -0.15) is 0 Å². The van der Waals surface area contributed by atoms with E-state index in [9.17, 15) is 9.90 Å². The van der Waals surface area contributed by atoms with Gasteiger partial charge in [-0.15, -0.1) is 0 Å². The summed E-state index contributed by atoms with van der Waals surface area (Å²) in [6.45, 7) is 0. The van der Waals surface area contributed by atoms with Gasteiger partial charge >= 0.3 is 5.97 Å². The number of carbonyl (C=O) groups is 1. The van der Waals surface area contributed by atoms with Gasteiger partial charge in [0.05, 0.1) is 16.8 Å². The number of fused-ring (bicyclic) bond motifs is 1. The fourth-order valence-corrected chi connectivity index (χ4v) is 3.16. The minimum absolute atomic E-state index is 0.261. The molecule has 0 amide bonds. The van der Waals surface area contributed by atoms with Gasteiger partial charge in [0, 0.05) is 29.4 Å². The van der Waals surface area contributed by atoms with Gasteiger partial charge in [0.2, 0.25) is 0 Å². The zero-order valence-corrected chi connectivity index (χ0v) is 14.6. The van der Waals surface area contributed by atoms with E-state index in [1.54, 1.807) is 24.5 Å². The summed E-state index contributed by atoms with van der Waals surface area (Å²) in [4.78, 5) is 19.8. The summed E-state index contributed by atoms with van der Waals surface area (Å²) < 4.78 is 0. The molecule has 5 heteroatoms. The number of carboxylic acids is 1. The van der Waals surface area contributed by atoms with Crippen molar-refractivity contribution in [1.82, 2.24) is 9.97 Å². The zero-order valence-electron chi connectivity index (χ0n) is 14.6. The Balaban J connectivity index is 0.000000236. The summed E-state index contributed by atoms with van der Waals surface area (Å²) >= 11 is 0. The van der Waals surface area contributed by atoms with E-state index in [-0.39, 0.29) is 5.56 Å². The number of benzene rings is 1. The van der Waals surface area contributed by atoms with Crippen molar-refractivity contribution in [2.75, 3.05) is 0 Å². The van der Waals surface area contributed by atoms with Gasteiger partial charge in [-0.25, -0.2) is 9.78 Å². The molecule has 0 spiro atoms. The van der Waals surface area contributed by atoms with Crippen LogP contribution in [0.5, 0.6) is 0 Å². The Morgan fingerprint density at radius 2 is 1.73 bits per heavy atom. The molecule has 0 bridgehead atoms. The first-order chi connectivity index (χ1) is 12.6. The predicted molar refractivity (Wildman–Crippen MR) is 103 cm³/mol. The number of hydrogen-bond donors (Lipinski definition) is 2. The van der Waals surface area contributed by atoms with Crippen LogP contribution in [0.25, 0.3) is 22.2 Å². The molecule has 0 radical (unpaired) electrons. The summed E-state index contributed by atoms with van der Waals surface area (Å²) in [6.07, 6.45) is 9.98. The summed E-state index contributed by atoms with van der Waals surface area (Å²) in [6, 6.07) is 13.0. The van der Waals surface area contributed by atoms with Crippen molar-refractivity contribution in [2.24, 2.45) is 5.73 Å². The third-order valence-electron chi connectivity index (χ3n) is 4.57. The first-order valence-corrected chi connectivity index (χ1v) is 8.94. The number of carboxylic acid groups (broad SMARTS) is 1. The average Bonchev–Trinajstić information content (AvgIpc) is 2.69. The van der Waals surface area contributed by atoms with Crippen LogP contribution in [-0.2, 0) is 0 Å². The second-order valence-electron chi connectivity index (χ2n) is 6.51. The second kappa shape index (κ2) is 8.54. The van der Waals surface area contributed by atoms with Crippen LogP contribution in [0.2, 0.25) is 0 Å². The van der Waals surface area contributed by atoms with Gasteiger partial charge in [-0.05, 0) is 37.1 Å². The maximum atomic E-state index is 11.4.